The van der Waals surface area contributed by atoms with Gasteiger partial charge in [0.15, 0.2) is 0 Å². The number of thiophene rings is 1. The lowest BCUT2D eigenvalue weighted by Crippen LogP contribution is -2.48. The Hall–Kier alpha value is -0.870. The van der Waals surface area contributed by atoms with E-state index in [0.717, 1.165) is 0 Å². The molecular weight excluding hydrogens is 232 g/mol. The lowest BCUT2D eigenvalue weighted by atomic mass is 9.86. The highest BCUT2D eigenvalue weighted by molar-refractivity contribution is 7.10. The predicted molar refractivity (Wildman–Crippen MR) is 73.0 cm³/mol. The SMILES string of the molecule is Cc1ccsc1CN(C)C(=O)[C@@H](N)C(C)(C)C. The highest BCUT2D eigenvalue weighted by Gasteiger charge is 2.29. The van der Waals surface area contributed by atoms with Gasteiger partial charge in [0.25, 0.3) is 0 Å². The van der Waals surface area contributed by atoms with Gasteiger partial charge in [-0.05, 0) is 29.3 Å². The van der Waals surface area contributed by atoms with Crippen molar-refractivity contribution in [2.24, 2.45) is 11.1 Å². The number of nitrogens with zero attached hydrogens (tertiary/aromatic N) is 1. The van der Waals surface area contributed by atoms with E-state index in [9.17, 15) is 4.79 Å². The first-order valence-corrected chi connectivity index (χ1v) is 6.65. The Morgan fingerprint density at radius 2 is 2.12 bits per heavy atom. The molecule has 1 atom stereocenters. The van der Waals surface area contributed by atoms with Crippen LogP contribution in [0.5, 0.6) is 0 Å². The molecule has 4 heteroatoms. The summed E-state index contributed by atoms with van der Waals surface area (Å²) in [5.74, 6) is 0.00491. The molecule has 1 rings (SSSR count). The Labute approximate surface area is 108 Å². The van der Waals surface area contributed by atoms with Gasteiger partial charge in [0, 0.05) is 11.9 Å². The summed E-state index contributed by atoms with van der Waals surface area (Å²) >= 11 is 1.68. The monoisotopic (exact) mass is 254 g/mol. The van der Waals surface area contributed by atoms with Gasteiger partial charge in [0.2, 0.25) is 5.91 Å². The maximum atomic E-state index is 12.1. The van der Waals surface area contributed by atoms with Crippen molar-refractivity contribution in [1.29, 1.82) is 0 Å². The van der Waals surface area contributed by atoms with Crippen LogP contribution in [-0.4, -0.2) is 23.9 Å². The van der Waals surface area contributed by atoms with E-state index in [-0.39, 0.29) is 11.3 Å². The van der Waals surface area contributed by atoms with Crippen molar-refractivity contribution in [2.45, 2.75) is 40.3 Å². The van der Waals surface area contributed by atoms with E-state index in [1.165, 1.54) is 10.4 Å². The van der Waals surface area contributed by atoms with Crippen LogP contribution in [0.15, 0.2) is 11.4 Å². The van der Waals surface area contributed by atoms with E-state index in [4.69, 9.17) is 5.73 Å². The number of carbonyl (C=O) groups excluding carboxylic acids is 1. The zero-order valence-corrected chi connectivity index (χ0v) is 12.1. The van der Waals surface area contributed by atoms with Crippen LogP contribution in [0.25, 0.3) is 0 Å². The summed E-state index contributed by atoms with van der Waals surface area (Å²) in [6, 6.07) is 1.62. The van der Waals surface area contributed by atoms with Crippen LogP contribution in [0.1, 0.15) is 31.2 Å². The molecule has 2 N–H and O–H groups in total. The number of carbonyl (C=O) groups is 1. The van der Waals surface area contributed by atoms with Crippen LogP contribution in [0.3, 0.4) is 0 Å². The van der Waals surface area contributed by atoms with Crippen LogP contribution in [-0.2, 0) is 11.3 Å². The van der Waals surface area contributed by atoms with Crippen molar-refractivity contribution in [3.63, 3.8) is 0 Å². The number of rotatable bonds is 3. The molecule has 0 aliphatic rings. The van der Waals surface area contributed by atoms with Crippen molar-refractivity contribution in [3.05, 3.63) is 21.9 Å². The van der Waals surface area contributed by atoms with Crippen LogP contribution >= 0.6 is 11.3 Å². The largest absolute Gasteiger partial charge is 0.339 e. The first-order chi connectivity index (χ1) is 7.73. The van der Waals surface area contributed by atoms with Crippen LogP contribution in [0.4, 0.5) is 0 Å². The van der Waals surface area contributed by atoms with E-state index in [1.807, 2.05) is 33.2 Å². The first kappa shape index (κ1) is 14.2. The van der Waals surface area contributed by atoms with Crippen molar-refractivity contribution in [1.82, 2.24) is 4.90 Å². The summed E-state index contributed by atoms with van der Waals surface area (Å²) in [6.07, 6.45) is 0. The van der Waals surface area contributed by atoms with Gasteiger partial charge in [-0.25, -0.2) is 0 Å². The minimum atomic E-state index is -0.451. The summed E-state index contributed by atoms with van der Waals surface area (Å²) < 4.78 is 0. The van der Waals surface area contributed by atoms with Crippen molar-refractivity contribution in [2.75, 3.05) is 7.05 Å². The van der Waals surface area contributed by atoms with Gasteiger partial charge in [-0.15, -0.1) is 11.3 Å². The molecule has 0 saturated heterocycles. The number of likely N-dealkylation sites (N-methyl/N-ethyl adjacent to an activating group) is 1. The second kappa shape index (κ2) is 5.19. The Balaban J connectivity index is 2.68. The molecule has 0 saturated carbocycles. The number of amides is 1. The zero-order valence-electron chi connectivity index (χ0n) is 11.3. The minimum absolute atomic E-state index is 0.00491. The standard InChI is InChI=1S/C13H22N2OS/c1-9-6-7-17-10(9)8-15(5)12(16)11(14)13(2,3)4/h6-7,11H,8,14H2,1-5H3/t11-/m1/s1. The second-order valence-corrected chi connectivity index (χ2v) is 6.57. The van der Waals surface area contributed by atoms with E-state index in [1.54, 1.807) is 16.2 Å². The fourth-order valence-corrected chi connectivity index (χ4v) is 2.43. The minimum Gasteiger partial charge on any atom is -0.339 e. The van der Waals surface area contributed by atoms with Gasteiger partial charge < -0.3 is 10.6 Å². The smallest absolute Gasteiger partial charge is 0.240 e. The molecule has 0 aliphatic carbocycles. The van der Waals surface area contributed by atoms with Crippen molar-refractivity contribution < 1.29 is 4.79 Å². The highest BCUT2D eigenvalue weighted by atomic mass is 32.1. The molecule has 17 heavy (non-hydrogen) atoms. The van der Waals surface area contributed by atoms with Gasteiger partial charge >= 0.3 is 0 Å². The average Bonchev–Trinajstić information content (AvgIpc) is 2.61. The van der Waals surface area contributed by atoms with Gasteiger partial charge in [-0.3, -0.25) is 4.79 Å². The molecule has 1 aromatic heterocycles. The normalized spacial score (nSPS) is 13.5. The van der Waals surface area contributed by atoms with Gasteiger partial charge in [0.05, 0.1) is 12.6 Å². The molecule has 0 spiro atoms. The van der Waals surface area contributed by atoms with E-state index in [2.05, 4.69) is 13.0 Å². The fourth-order valence-electron chi connectivity index (χ4n) is 1.47. The Kier molecular flexibility index (Phi) is 4.33. The lowest BCUT2D eigenvalue weighted by molar-refractivity contribution is -0.134. The molecule has 0 unspecified atom stereocenters. The van der Waals surface area contributed by atoms with E-state index in [0.29, 0.717) is 6.54 Å². The number of hydrogen-bond donors (Lipinski definition) is 1. The van der Waals surface area contributed by atoms with Gasteiger partial charge in [0.1, 0.15) is 0 Å². The summed E-state index contributed by atoms with van der Waals surface area (Å²) in [5.41, 5.74) is 7.01. The maximum Gasteiger partial charge on any atom is 0.240 e. The van der Waals surface area contributed by atoms with Crippen molar-refractivity contribution in [3.8, 4) is 0 Å². The number of nitrogens with two attached hydrogens (primary N) is 1. The molecule has 0 radical (unpaired) electrons. The van der Waals surface area contributed by atoms with E-state index >= 15 is 0 Å². The molecule has 1 aromatic rings. The zero-order chi connectivity index (χ0) is 13.2. The number of hydrogen-bond acceptors (Lipinski definition) is 3. The molecule has 3 nitrogen and oxygen atoms in total. The molecular formula is C13H22N2OS. The Morgan fingerprint density at radius 3 is 2.53 bits per heavy atom. The molecule has 1 heterocycles. The lowest BCUT2D eigenvalue weighted by Gasteiger charge is -2.29. The first-order valence-electron chi connectivity index (χ1n) is 5.77. The van der Waals surface area contributed by atoms with Crippen molar-refractivity contribution >= 4 is 17.2 Å². The molecule has 0 fully saturated rings. The van der Waals surface area contributed by atoms with Gasteiger partial charge in [-0.2, -0.15) is 0 Å². The topological polar surface area (TPSA) is 46.3 Å². The van der Waals surface area contributed by atoms with Crippen LogP contribution in [0.2, 0.25) is 0 Å². The average molecular weight is 254 g/mol. The van der Waals surface area contributed by atoms with E-state index < -0.39 is 6.04 Å². The molecule has 1 amide bonds. The summed E-state index contributed by atoms with van der Waals surface area (Å²) in [4.78, 5) is 15.1. The third-order valence-electron chi connectivity index (χ3n) is 2.92. The third kappa shape index (κ3) is 3.54. The Bertz CT molecular complexity index is 392. The molecule has 0 aromatic carbocycles. The van der Waals surface area contributed by atoms with Crippen LogP contribution < -0.4 is 5.73 Å². The van der Waals surface area contributed by atoms with Gasteiger partial charge in [-0.1, -0.05) is 20.8 Å². The quantitative estimate of drug-likeness (QED) is 0.900. The number of aryl methyl sites for hydroxylation is 1. The summed E-state index contributed by atoms with van der Waals surface area (Å²) in [7, 11) is 1.81. The third-order valence-corrected chi connectivity index (χ3v) is 3.93. The molecule has 0 bridgehead atoms. The predicted octanol–water partition coefficient (Wildman–Crippen LogP) is 2.39. The highest BCUT2D eigenvalue weighted by Crippen LogP contribution is 2.21. The fraction of sp³-hybridized carbons (Fsp3) is 0.615. The summed E-state index contributed by atoms with van der Waals surface area (Å²) in [5, 5.41) is 2.05. The molecule has 0 aliphatic heterocycles. The molecule has 96 valence electrons. The van der Waals surface area contributed by atoms with Crippen LogP contribution in [0, 0.1) is 12.3 Å². The maximum absolute atomic E-state index is 12.1. The Morgan fingerprint density at radius 1 is 1.53 bits per heavy atom. The second-order valence-electron chi connectivity index (χ2n) is 5.56. The summed E-state index contributed by atoms with van der Waals surface area (Å²) in [6.45, 7) is 8.67.